The maximum Gasteiger partial charge on any atom is 0.109 e. The van der Waals surface area contributed by atoms with Crippen molar-refractivity contribution < 1.29 is 4.74 Å². The Morgan fingerprint density at radius 3 is 2.68 bits per heavy atom. The third-order valence-corrected chi connectivity index (χ3v) is 7.51. The fourth-order valence-corrected chi connectivity index (χ4v) is 5.94. The summed E-state index contributed by atoms with van der Waals surface area (Å²) in [5.74, 6) is 1.74. The molecule has 0 radical (unpaired) electrons. The predicted molar refractivity (Wildman–Crippen MR) is 106 cm³/mol. The molecule has 2 bridgehead atoms. The number of thioether (sulfide) groups is 1. The highest BCUT2D eigenvalue weighted by Gasteiger charge is 2.37. The van der Waals surface area contributed by atoms with Crippen LogP contribution in [0.4, 0.5) is 0 Å². The van der Waals surface area contributed by atoms with Crippen molar-refractivity contribution in [1.29, 1.82) is 0 Å². The van der Waals surface area contributed by atoms with Crippen LogP contribution in [-0.4, -0.2) is 30.6 Å². The summed E-state index contributed by atoms with van der Waals surface area (Å²) in [5, 5.41) is 0. The molecule has 3 saturated heterocycles. The fourth-order valence-electron chi connectivity index (χ4n) is 4.49. The summed E-state index contributed by atoms with van der Waals surface area (Å²) < 4.78 is 8.01. The predicted octanol–water partition coefficient (Wildman–Crippen LogP) is 5.26. The second-order valence-corrected chi connectivity index (χ2v) is 9.30. The molecule has 4 aliphatic rings. The molecular weight excluding hydrogens is 394 g/mol. The van der Waals surface area contributed by atoms with Gasteiger partial charge in [-0.05, 0) is 66.7 Å². The van der Waals surface area contributed by atoms with E-state index in [0.717, 1.165) is 22.7 Å². The van der Waals surface area contributed by atoms with Gasteiger partial charge in [-0.15, -0.1) is 11.8 Å². The van der Waals surface area contributed by atoms with Gasteiger partial charge >= 0.3 is 0 Å². The Balaban J connectivity index is 1.56. The molecule has 0 amide bonds. The Hall–Kier alpha value is -0.810. The molecule has 130 valence electrons. The minimum absolute atomic E-state index is 0.0456. The first kappa shape index (κ1) is 16.4. The zero-order chi connectivity index (χ0) is 16.8. The van der Waals surface area contributed by atoms with Crippen molar-refractivity contribution in [3.05, 3.63) is 63.6 Å². The summed E-state index contributed by atoms with van der Waals surface area (Å²) in [5.41, 5.74) is 4.08. The second-order valence-electron chi connectivity index (χ2n) is 7.36. The molecule has 4 aliphatic heterocycles. The van der Waals surface area contributed by atoms with E-state index in [1.165, 1.54) is 47.5 Å². The summed E-state index contributed by atoms with van der Waals surface area (Å²) >= 11 is 5.60. The highest BCUT2D eigenvalue weighted by atomic mass is 79.9. The summed E-state index contributed by atoms with van der Waals surface area (Å²) in [6.45, 7) is 3.60. The minimum Gasteiger partial charge on any atom is -0.364 e. The van der Waals surface area contributed by atoms with E-state index >= 15 is 0 Å². The number of fused-ring (bicyclic) bond motifs is 5. The van der Waals surface area contributed by atoms with Gasteiger partial charge < -0.3 is 9.64 Å². The lowest BCUT2D eigenvalue weighted by molar-refractivity contribution is -0.0933. The molecule has 6 rings (SSSR count). The first-order valence-corrected chi connectivity index (χ1v) is 10.9. The number of benzene rings is 2. The molecule has 3 fully saturated rings. The molecule has 2 aromatic carbocycles. The third-order valence-electron chi connectivity index (χ3n) is 5.88. The molecule has 2 atom stereocenters. The van der Waals surface area contributed by atoms with Crippen LogP contribution >= 0.6 is 27.7 Å². The number of ether oxygens (including phenoxy) is 1. The maximum atomic E-state index is 6.88. The third kappa shape index (κ3) is 3.08. The largest absolute Gasteiger partial charge is 0.364 e. The molecule has 0 aliphatic carbocycles. The highest BCUT2D eigenvalue weighted by Crippen LogP contribution is 2.44. The van der Waals surface area contributed by atoms with E-state index in [4.69, 9.17) is 4.74 Å². The Morgan fingerprint density at radius 1 is 1.04 bits per heavy atom. The lowest BCUT2D eigenvalue weighted by Crippen LogP contribution is -2.51. The average Bonchev–Trinajstić information content (AvgIpc) is 2.80. The lowest BCUT2D eigenvalue weighted by Gasteiger charge is -2.45. The van der Waals surface area contributed by atoms with E-state index in [1.807, 2.05) is 11.8 Å². The second kappa shape index (κ2) is 6.73. The number of halogens is 1. The van der Waals surface area contributed by atoms with Gasteiger partial charge in [0.15, 0.2) is 0 Å². The quantitative estimate of drug-likeness (QED) is 0.663. The number of hydrogen-bond donors (Lipinski definition) is 0. The van der Waals surface area contributed by atoms with Crippen LogP contribution in [-0.2, 0) is 10.5 Å². The fraction of sp³-hybridized carbons (Fsp3) is 0.429. The first-order chi connectivity index (χ1) is 12.3. The Labute approximate surface area is 162 Å². The van der Waals surface area contributed by atoms with Gasteiger partial charge in [0.25, 0.3) is 0 Å². The molecule has 25 heavy (non-hydrogen) atoms. The molecular formula is C21H22BrNOS. The van der Waals surface area contributed by atoms with Crippen LogP contribution in [0.3, 0.4) is 0 Å². The Kier molecular flexibility index (Phi) is 4.41. The van der Waals surface area contributed by atoms with Gasteiger partial charge in [-0.1, -0.05) is 40.2 Å². The summed E-state index contributed by atoms with van der Waals surface area (Å²) in [6, 6.07) is 15.5. The standard InChI is InChI=1S/C21H22BrNOS/c22-16-5-6-20-18(11-16)21(17-4-2-1-3-15(17)13-25-20)24-19-12-23-9-7-14(19)8-10-23/h1-6,11,14,19,21H,7-10,12-13H2/t19-,21+/m0/s1. The number of rotatable bonds is 2. The van der Waals surface area contributed by atoms with E-state index in [-0.39, 0.29) is 6.10 Å². The van der Waals surface area contributed by atoms with Crippen molar-refractivity contribution in [2.24, 2.45) is 5.92 Å². The molecule has 0 N–H and O–H groups in total. The summed E-state index contributed by atoms with van der Waals surface area (Å²) in [7, 11) is 0. The van der Waals surface area contributed by atoms with Crippen molar-refractivity contribution in [2.75, 3.05) is 19.6 Å². The van der Waals surface area contributed by atoms with Crippen LogP contribution in [0.25, 0.3) is 0 Å². The SMILES string of the molecule is Brc1ccc2c(c1)[C@H](O[C@H]1CN3CCC1CC3)c1ccccc1CS2. The van der Waals surface area contributed by atoms with Gasteiger partial charge in [0.1, 0.15) is 6.10 Å². The number of nitrogens with zero attached hydrogens (tertiary/aromatic N) is 1. The number of hydrogen-bond acceptors (Lipinski definition) is 3. The molecule has 0 unspecified atom stereocenters. The van der Waals surface area contributed by atoms with Crippen molar-refractivity contribution >= 4 is 27.7 Å². The lowest BCUT2D eigenvalue weighted by atomic mass is 9.85. The van der Waals surface area contributed by atoms with Gasteiger partial charge in [0.2, 0.25) is 0 Å². The molecule has 0 aromatic heterocycles. The minimum atomic E-state index is 0.0456. The van der Waals surface area contributed by atoms with Crippen LogP contribution in [0.5, 0.6) is 0 Å². The van der Waals surface area contributed by atoms with E-state index in [1.54, 1.807) is 0 Å². The Morgan fingerprint density at radius 2 is 1.88 bits per heavy atom. The number of piperidine rings is 3. The van der Waals surface area contributed by atoms with Gasteiger partial charge in [-0.3, -0.25) is 0 Å². The average molecular weight is 416 g/mol. The van der Waals surface area contributed by atoms with E-state index in [9.17, 15) is 0 Å². The molecule has 0 saturated carbocycles. The molecule has 4 heterocycles. The van der Waals surface area contributed by atoms with Crippen LogP contribution in [0.15, 0.2) is 51.8 Å². The highest BCUT2D eigenvalue weighted by molar-refractivity contribution is 9.10. The van der Waals surface area contributed by atoms with Gasteiger partial charge in [0.05, 0.1) is 6.10 Å². The zero-order valence-electron chi connectivity index (χ0n) is 14.2. The van der Waals surface area contributed by atoms with Crippen LogP contribution in [0.2, 0.25) is 0 Å². The topological polar surface area (TPSA) is 12.5 Å². The van der Waals surface area contributed by atoms with Crippen molar-refractivity contribution in [3.8, 4) is 0 Å². The van der Waals surface area contributed by atoms with Crippen LogP contribution < -0.4 is 0 Å². The van der Waals surface area contributed by atoms with Gasteiger partial charge in [0, 0.05) is 21.7 Å². The van der Waals surface area contributed by atoms with E-state index < -0.39 is 0 Å². The molecule has 0 spiro atoms. The molecule has 2 aromatic rings. The normalized spacial score (nSPS) is 30.4. The maximum absolute atomic E-state index is 6.88. The van der Waals surface area contributed by atoms with Crippen molar-refractivity contribution in [2.45, 2.75) is 35.7 Å². The smallest absolute Gasteiger partial charge is 0.109 e. The summed E-state index contributed by atoms with van der Waals surface area (Å²) in [6.07, 6.45) is 2.98. The van der Waals surface area contributed by atoms with Crippen molar-refractivity contribution in [3.63, 3.8) is 0 Å². The van der Waals surface area contributed by atoms with E-state index in [0.29, 0.717) is 6.10 Å². The monoisotopic (exact) mass is 415 g/mol. The first-order valence-electron chi connectivity index (χ1n) is 9.16. The van der Waals surface area contributed by atoms with Gasteiger partial charge in [-0.2, -0.15) is 0 Å². The van der Waals surface area contributed by atoms with Crippen molar-refractivity contribution in [1.82, 2.24) is 4.90 Å². The molecule has 4 heteroatoms. The molecule has 2 nitrogen and oxygen atoms in total. The van der Waals surface area contributed by atoms with Gasteiger partial charge in [-0.25, -0.2) is 0 Å². The Bertz CT molecular complexity index is 787. The van der Waals surface area contributed by atoms with E-state index in [2.05, 4.69) is 63.3 Å². The zero-order valence-corrected chi connectivity index (χ0v) is 16.6. The summed E-state index contributed by atoms with van der Waals surface area (Å²) in [4.78, 5) is 3.93. The van der Waals surface area contributed by atoms with Crippen LogP contribution in [0.1, 0.15) is 35.6 Å². The van der Waals surface area contributed by atoms with Crippen LogP contribution in [0, 0.1) is 5.92 Å².